The highest BCUT2D eigenvalue weighted by Gasteiger charge is 2.13. The van der Waals surface area contributed by atoms with Gasteiger partial charge in [-0.05, 0) is 31.2 Å². The molecule has 0 amide bonds. The molecule has 4 nitrogen and oxygen atoms in total. The summed E-state index contributed by atoms with van der Waals surface area (Å²) in [5.74, 6) is 0. The van der Waals surface area contributed by atoms with Crippen LogP contribution in [0.4, 0.5) is 0 Å². The van der Waals surface area contributed by atoms with Crippen molar-refractivity contribution < 1.29 is 0 Å². The molecule has 0 aliphatic rings. The Labute approximate surface area is 185 Å². The Hall–Kier alpha value is -3.21. The lowest BCUT2D eigenvalue weighted by molar-refractivity contribution is 0.863. The highest BCUT2D eigenvalue weighted by molar-refractivity contribution is 6.32. The molecule has 148 valence electrons. The van der Waals surface area contributed by atoms with E-state index in [0.29, 0.717) is 10.2 Å². The third kappa shape index (κ3) is 4.35. The number of nitrogens with zero attached hydrogens (tertiary/aromatic N) is 4. The molecule has 1 aromatic heterocycles. The van der Waals surface area contributed by atoms with Crippen LogP contribution in [0, 0.1) is 6.92 Å². The van der Waals surface area contributed by atoms with Gasteiger partial charge in [0.2, 0.25) is 0 Å². The molecule has 0 aliphatic heterocycles. The van der Waals surface area contributed by atoms with Crippen LogP contribution in [0.25, 0.3) is 5.69 Å². The summed E-state index contributed by atoms with van der Waals surface area (Å²) in [6.07, 6.45) is 1.64. The summed E-state index contributed by atoms with van der Waals surface area (Å²) < 4.78 is 1.66. The van der Waals surface area contributed by atoms with Crippen molar-refractivity contribution >= 4 is 35.1 Å². The van der Waals surface area contributed by atoms with Crippen LogP contribution in [0.3, 0.4) is 0 Å². The first-order valence-corrected chi connectivity index (χ1v) is 10.1. The summed E-state index contributed by atoms with van der Waals surface area (Å²) in [7, 11) is 0. The molecule has 0 atom stereocenters. The van der Waals surface area contributed by atoms with E-state index >= 15 is 0 Å². The molecule has 0 radical (unpaired) electrons. The maximum absolute atomic E-state index is 6.58. The van der Waals surface area contributed by atoms with Gasteiger partial charge in [0, 0.05) is 16.1 Å². The number of aryl methyl sites for hydroxylation is 1. The molecular weight excluding hydrogens is 415 g/mol. The minimum Gasteiger partial charge on any atom is -0.221 e. The fourth-order valence-electron chi connectivity index (χ4n) is 3.03. The van der Waals surface area contributed by atoms with E-state index in [4.69, 9.17) is 23.2 Å². The smallest absolute Gasteiger partial charge is 0.142 e. The van der Waals surface area contributed by atoms with Gasteiger partial charge < -0.3 is 0 Å². The topological polar surface area (TPSA) is 42.5 Å². The van der Waals surface area contributed by atoms with Crippen molar-refractivity contribution in [1.82, 2.24) is 9.78 Å². The average molecular weight is 433 g/mol. The maximum Gasteiger partial charge on any atom is 0.142 e. The van der Waals surface area contributed by atoms with Crippen LogP contribution in [-0.2, 0) is 0 Å². The van der Waals surface area contributed by atoms with Gasteiger partial charge in [-0.25, -0.2) is 4.68 Å². The Morgan fingerprint density at radius 2 is 1.40 bits per heavy atom. The zero-order chi connectivity index (χ0) is 20.9. The average Bonchev–Trinajstić information content (AvgIpc) is 3.06. The minimum atomic E-state index is 0.467. The molecule has 0 N–H and O–H groups in total. The van der Waals surface area contributed by atoms with Gasteiger partial charge in [0.1, 0.15) is 10.9 Å². The predicted molar refractivity (Wildman–Crippen MR) is 124 cm³/mol. The summed E-state index contributed by atoms with van der Waals surface area (Å²) >= 11 is 12.6. The summed E-state index contributed by atoms with van der Waals surface area (Å²) in [5, 5.41) is 14.5. The predicted octanol–water partition coefficient (Wildman–Crippen LogP) is 6.36. The van der Waals surface area contributed by atoms with Crippen molar-refractivity contribution in [2.45, 2.75) is 6.92 Å². The van der Waals surface area contributed by atoms with E-state index in [1.165, 1.54) is 0 Å². The number of hydrogen-bond donors (Lipinski definition) is 0. The van der Waals surface area contributed by atoms with Crippen molar-refractivity contribution in [2.75, 3.05) is 0 Å². The van der Waals surface area contributed by atoms with E-state index < -0.39 is 0 Å². The van der Waals surface area contributed by atoms with Crippen LogP contribution in [0.15, 0.2) is 95.1 Å². The molecule has 0 fully saturated rings. The molecule has 30 heavy (non-hydrogen) atoms. The van der Waals surface area contributed by atoms with Crippen molar-refractivity contribution in [1.29, 1.82) is 0 Å². The van der Waals surface area contributed by atoms with E-state index in [2.05, 4.69) is 15.3 Å². The molecule has 4 aromatic rings. The lowest BCUT2D eigenvalue weighted by atomic mass is 10.0. The maximum atomic E-state index is 6.58. The summed E-state index contributed by atoms with van der Waals surface area (Å²) in [6, 6.07) is 27.3. The molecule has 0 aliphatic carbocycles. The van der Waals surface area contributed by atoms with Crippen LogP contribution in [0.2, 0.25) is 10.2 Å². The zero-order valence-electron chi connectivity index (χ0n) is 16.2. The quantitative estimate of drug-likeness (QED) is 0.267. The van der Waals surface area contributed by atoms with Gasteiger partial charge in [-0.2, -0.15) is 10.2 Å². The van der Waals surface area contributed by atoms with Crippen molar-refractivity contribution in [3.05, 3.63) is 117 Å². The second-order valence-electron chi connectivity index (χ2n) is 6.60. The fourth-order valence-corrected chi connectivity index (χ4v) is 3.48. The summed E-state index contributed by atoms with van der Waals surface area (Å²) in [6.45, 7) is 1.89. The van der Waals surface area contributed by atoms with Gasteiger partial charge >= 0.3 is 0 Å². The first-order valence-electron chi connectivity index (χ1n) is 9.36. The summed E-state index contributed by atoms with van der Waals surface area (Å²) in [4.78, 5) is 0. The zero-order valence-corrected chi connectivity index (χ0v) is 17.7. The second kappa shape index (κ2) is 9.08. The van der Waals surface area contributed by atoms with Crippen molar-refractivity contribution in [3.8, 4) is 5.69 Å². The Bertz CT molecular complexity index is 1150. The standard InChI is InChI=1S/C24H18Cl2N4/c1-17-22(24(26)30(29-17)21-14-12-20(25)13-15-21)16-27-28-23(18-8-4-2-5-9-18)19-10-6-3-7-11-19/h2-16H,1H3/b27-16+. The van der Waals surface area contributed by atoms with E-state index in [1.54, 1.807) is 23.0 Å². The lowest BCUT2D eigenvalue weighted by Crippen LogP contribution is -2.02. The van der Waals surface area contributed by atoms with Gasteiger partial charge in [-0.1, -0.05) is 83.9 Å². The van der Waals surface area contributed by atoms with Crippen LogP contribution in [0.1, 0.15) is 22.4 Å². The molecule has 6 heteroatoms. The highest BCUT2D eigenvalue weighted by Crippen LogP contribution is 2.23. The van der Waals surface area contributed by atoms with Crippen molar-refractivity contribution in [3.63, 3.8) is 0 Å². The Kier molecular flexibility index (Phi) is 6.07. The van der Waals surface area contributed by atoms with E-state index in [9.17, 15) is 0 Å². The number of halogens is 2. The normalized spacial score (nSPS) is 11.0. The molecular formula is C24H18Cl2N4. The van der Waals surface area contributed by atoms with Crippen LogP contribution in [0.5, 0.6) is 0 Å². The number of hydrogen-bond acceptors (Lipinski definition) is 3. The molecule has 0 saturated heterocycles. The highest BCUT2D eigenvalue weighted by atomic mass is 35.5. The van der Waals surface area contributed by atoms with Gasteiger partial charge in [-0.3, -0.25) is 0 Å². The fraction of sp³-hybridized carbons (Fsp3) is 0.0417. The first-order chi connectivity index (χ1) is 14.6. The number of aromatic nitrogens is 2. The Balaban J connectivity index is 1.70. The van der Waals surface area contributed by atoms with Gasteiger partial charge in [0.25, 0.3) is 0 Å². The molecule has 0 spiro atoms. The lowest BCUT2D eigenvalue weighted by Gasteiger charge is -2.05. The molecule has 0 bridgehead atoms. The molecule has 3 aromatic carbocycles. The number of rotatable bonds is 5. The third-order valence-corrected chi connectivity index (χ3v) is 5.17. The monoisotopic (exact) mass is 432 g/mol. The minimum absolute atomic E-state index is 0.467. The SMILES string of the molecule is Cc1nn(-c2ccc(Cl)cc2)c(Cl)c1/C=N/N=C(c1ccccc1)c1ccccc1. The van der Waals surface area contributed by atoms with Gasteiger partial charge in [0.05, 0.1) is 23.2 Å². The molecule has 0 unspecified atom stereocenters. The van der Waals surface area contributed by atoms with E-state index in [1.807, 2.05) is 79.7 Å². The summed E-state index contributed by atoms with van der Waals surface area (Å²) in [5.41, 5.74) is 5.06. The van der Waals surface area contributed by atoms with Crippen LogP contribution < -0.4 is 0 Å². The van der Waals surface area contributed by atoms with Crippen LogP contribution >= 0.6 is 23.2 Å². The number of benzene rings is 3. The van der Waals surface area contributed by atoms with E-state index in [-0.39, 0.29) is 0 Å². The largest absolute Gasteiger partial charge is 0.221 e. The van der Waals surface area contributed by atoms with E-state index in [0.717, 1.165) is 33.8 Å². The first kappa shape index (κ1) is 20.1. The Morgan fingerprint density at radius 3 is 1.97 bits per heavy atom. The second-order valence-corrected chi connectivity index (χ2v) is 7.40. The third-order valence-electron chi connectivity index (χ3n) is 4.56. The molecule has 0 saturated carbocycles. The Morgan fingerprint density at radius 1 is 0.833 bits per heavy atom. The van der Waals surface area contributed by atoms with Crippen LogP contribution in [-0.4, -0.2) is 21.7 Å². The molecule has 4 rings (SSSR count). The van der Waals surface area contributed by atoms with Gasteiger partial charge in [-0.15, -0.1) is 5.10 Å². The molecule has 1 heterocycles. The van der Waals surface area contributed by atoms with Gasteiger partial charge in [0.15, 0.2) is 0 Å². The van der Waals surface area contributed by atoms with Crippen molar-refractivity contribution in [2.24, 2.45) is 10.2 Å².